The second-order valence-corrected chi connectivity index (χ2v) is 8.04. The first kappa shape index (κ1) is 20.4. The molecule has 0 bridgehead atoms. The molecule has 6 nitrogen and oxygen atoms in total. The molecule has 1 N–H and O–H groups in total. The third kappa shape index (κ3) is 4.56. The van der Waals surface area contributed by atoms with Crippen molar-refractivity contribution >= 4 is 45.3 Å². The Morgan fingerprint density at radius 2 is 1.96 bits per heavy atom. The largest absolute Gasteiger partial charge is 0.492 e. The van der Waals surface area contributed by atoms with Gasteiger partial charge in [0.1, 0.15) is 10.8 Å². The number of ether oxygens (including phenoxy) is 2. The van der Waals surface area contributed by atoms with E-state index in [1.165, 1.54) is 18.4 Å². The number of esters is 1. The van der Waals surface area contributed by atoms with Crippen LogP contribution in [0.4, 0.5) is 10.7 Å². The van der Waals surface area contributed by atoms with E-state index < -0.39 is 0 Å². The van der Waals surface area contributed by atoms with E-state index in [0.717, 1.165) is 47.5 Å². The maximum atomic E-state index is 12.0. The molecule has 0 saturated carbocycles. The van der Waals surface area contributed by atoms with Gasteiger partial charge in [-0.3, -0.25) is 0 Å². The highest BCUT2D eigenvalue weighted by Gasteiger charge is 2.23. The molecule has 0 radical (unpaired) electrons. The van der Waals surface area contributed by atoms with Gasteiger partial charge in [-0.15, -0.1) is 11.3 Å². The van der Waals surface area contributed by atoms with Gasteiger partial charge in [-0.25, -0.2) is 4.79 Å². The van der Waals surface area contributed by atoms with Crippen LogP contribution in [0.5, 0.6) is 5.75 Å². The van der Waals surface area contributed by atoms with Crippen LogP contribution >= 0.6 is 23.6 Å². The molecule has 150 valence electrons. The lowest BCUT2D eigenvalue weighted by Gasteiger charge is -2.37. The summed E-state index contributed by atoms with van der Waals surface area (Å²) in [5, 5.41) is 4.60. The number of hydrogen-bond acceptors (Lipinski definition) is 6. The molecular weight excluding hydrogens is 394 g/mol. The highest BCUT2D eigenvalue weighted by atomic mass is 32.1. The average molecular weight is 420 g/mol. The zero-order chi connectivity index (χ0) is 20.1. The molecule has 0 spiro atoms. The number of nitrogens with zero attached hydrogens (tertiary/aromatic N) is 2. The Morgan fingerprint density at radius 1 is 1.25 bits per heavy atom. The Labute approximate surface area is 175 Å². The minimum absolute atomic E-state index is 0.355. The van der Waals surface area contributed by atoms with Crippen molar-refractivity contribution in [2.75, 3.05) is 50.1 Å². The fourth-order valence-corrected chi connectivity index (χ4v) is 4.44. The SMILES string of the molecule is CCOc1ccccc1N1CCN(C(=S)Nc2sc(C)cc2C(=O)OC)CC1. The summed E-state index contributed by atoms with van der Waals surface area (Å²) in [4.78, 5) is 17.4. The van der Waals surface area contributed by atoms with E-state index in [2.05, 4.69) is 21.2 Å². The van der Waals surface area contributed by atoms with E-state index in [1.54, 1.807) is 0 Å². The molecule has 2 heterocycles. The Hall–Kier alpha value is -2.32. The predicted molar refractivity (Wildman–Crippen MR) is 118 cm³/mol. The molecule has 3 rings (SSSR count). The number of nitrogens with one attached hydrogen (secondary N) is 1. The fourth-order valence-electron chi connectivity index (χ4n) is 3.19. The summed E-state index contributed by atoms with van der Waals surface area (Å²) >= 11 is 7.10. The number of rotatable bonds is 5. The summed E-state index contributed by atoms with van der Waals surface area (Å²) in [7, 11) is 1.39. The van der Waals surface area contributed by atoms with Crippen LogP contribution in [-0.4, -0.2) is 55.9 Å². The van der Waals surface area contributed by atoms with E-state index in [0.29, 0.717) is 17.3 Å². The van der Waals surface area contributed by atoms with Gasteiger partial charge in [0.15, 0.2) is 5.11 Å². The first-order valence-corrected chi connectivity index (χ1v) is 10.5. The molecule has 1 aliphatic rings. The molecule has 28 heavy (non-hydrogen) atoms. The number of carbonyl (C=O) groups excluding carboxylic acids is 1. The van der Waals surface area contributed by atoms with Crippen molar-refractivity contribution in [1.82, 2.24) is 4.90 Å². The van der Waals surface area contributed by atoms with Gasteiger partial charge < -0.3 is 24.6 Å². The first-order valence-electron chi connectivity index (χ1n) is 9.25. The summed E-state index contributed by atoms with van der Waals surface area (Å²) < 4.78 is 10.6. The number of aryl methyl sites for hydroxylation is 1. The molecule has 1 aliphatic heterocycles. The van der Waals surface area contributed by atoms with Crippen molar-refractivity contribution in [3.05, 3.63) is 40.8 Å². The second-order valence-electron chi connectivity index (χ2n) is 6.40. The minimum Gasteiger partial charge on any atom is -0.492 e. The zero-order valence-corrected chi connectivity index (χ0v) is 18.0. The summed E-state index contributed by atoms with van der Waals surface area (Å²) in [5.74, 6) is 0.558. The van der Waals surface area contributed by atoms with Crippen LogP contribution in [0.2, 0.25) is 0 Å². The van der Waals surface area contributed by atoms with Crippen molar-refractivity contribution in [1.29, 1.82) is 0 Å². The molecule has 1 aromatic carbocycles. The van der Waals surface area contributed by atoms with Crippen LogP contribution in [0.15, 0.2) is 30.3 Å². The molecule has 0 atom stereocenters. The van der Waals surface area contributed by atoms with E-state index in [9.17, 15) is 4.79 Å². The lowest BCUT2D eigenvalue weighted by Crippen LogP contribution is -2.50. The number of methoxy groups -OCH3 is 1. The van der Waals surface area contributed by atoms with E-state index in [1.807, 2.05) is 38.1 Å². The van der Waals surface area contributed by atoms with Gasteiger partial charge in [0.2, 0.25) is 0 Å². The fraction of sp³-hybridized carbons (Fsp3) is 0.400. The van der Waals surface area contributed by atoms with Crippen LogP contribution in [0.3, 0.4) is 0 Å². The normalized spacial score (nSPS) is 14.0. The second kappa shape index (κ2) is 9.25. The van der Waals surface area contributed by atoms with Crippen molar-refractivity contribution in [2.24, 2.45) is 0 Å². The quantitative estimate of drug-likeness (QED) is 0.585. The van der Waals surface area contributed by atoms with Crippen LogP contribution in [0.1, 0.15) is 22.2 Å². The number of hydrogen-bond donors (Lipinski definition) is 1. The molecule has 0 unspecified atom stereocenters. The van der Waals surface area contributed by atoms with E-state index in [-0.39, 0.29) is 5.97 Å². The summed E-state index contributed by atoms with van der Waals surface area (Å²) in [6.07, 6.45) is 0. The molecular formula is C20H25N3O3S2. The summed E-state index contributed by atoms with van der Waals surface area (Å²) in [5.41, 5.74) is 1.64. The van der Waals surface area contributed by atoms with Gasteiger partial charge >= 0.3 is 5.97 Å². The van der Waals surface area contributed by atoms with E-state index in [4.69, 9.17) is 21.7 Å². The molecule has 8 heteroatoms. The number of carbonyl (C=O) groups is 1. The third-order valence-corrected chi connectivity index (χ3v) is 5.88. The number of benzene rings is 1. The van der Waals surface area contributed by atoms with Crippen LogP contribution < -0.4 is 15.0 Å². The number of anilines is 2. The Morgan fingerprint density at radius 3 is 2.64 bits per heavy atom. The number of piperazine rings is 1. The lowest BCUT2D eigenvalue weighted by molar-refractivity contribution is 0.0602. The topological polar surface area (TPSA) is 54.0 Å². The Bertz CT molecular complexity index is 845. The standard InChI is InChI=1S/C20H25N3O3S2/c1-4-26-17-8-6-5-7-16(17)22-9-11-23(12-10-22)20(27)21-18-15(19(24)25-3)13-14(2)28-18/h5-8,13H,4,9-12H2,1-3H3,(H,21,27). The van der Waals surface area contributed by atoms with Crippen molar-refractivity contribution in [3.63, 3.8) is 0 Å². The van der Waals surface area contributed by atoms with Gasteiger partial charge in [-0.2, -0.15) is 0 Å². The van der Waals surface area contributed by atoms with Gasteiger partial charge in [0.05, 0.1) is 25.0 Å². The van der Waals surface area contributed by atoms with Crippen LogP contribution in [-0.2, 0) is 4.74 Å². The highest BCUT2D eigenvalue weighted by Crippen LogP contribution is 2.30. The molecule has 0 aliphatic carbocycles. The zero-order valence-electron chi connectivity index (χ0n) is 16.4. The third-order valence-electron chi connectivity index (χ3n) is 4.55. The van der Waals surface area contributed by atoms with E-state index >= 15 is 0 Å². The van der Waals surface area contributed by atoms with Crippen molar-refractivity contribution in [2.45, 2.75) is 13.8 Å². The minimum atomic E-state index is -0.355. The monoisotopic (exact) mass is 419 g/mol. The van der Waals surface area contributed by atoms with Gasteiger partial charge in [-0.1, -0.05) is 12.1 Å². The first-order chi connectivity index (χ1) is 13.5. The smallest absolute Gasteiger partial charge is 0.340 e. The van der Waals surface area contributed by atoms with Gasteiger partial charge in [0, 0.05) is 31.1 Å². The molecule has 1 fully saturated rings. The highest BCUT2D eigenvalue weighted by molar-refractivity contribution is 7.80. The summed E-state index contributed by atoms with van der Waals surface area (Å²) in [6.45, 7) is 7.88. The van der Waals surface area contributed by atoms with Crippen molar-refractivity contribution < 1.29 is 14.3 Å². The average Bonchev–Trinajstić information content (AvgIpc) is 3.08. The lowest BCUT2D eigenvalue weighted by atomic mass is 10.2. The molecule has 1 saturated heterocycles. The number of para-hydroxylation sites is 2. The Kier molecular flexibility index (Phi) is 6.74. The Balaban J connectivity index is 1.63. The maximum Gasteiger partial charge on any atom is 0.340 e. The predicted octanol–water partition coefficient (Wildman–Crippen LogP) is 3.76. The number of thiocarbonyl (C=S) groups is 1. The van der Waals surface area contributed by atoms with Crippen LogP contribution in [0, 0.1) is 6.92 Å². The van der Waals surface area contributed by atoms with Gasteiger partial charge in [-0.05, 0) is 44.3 Å². The van der Waals surface area contributed by atoms with Crippen molar-refractivity contribution in [3.8, 4) is 5.75 Å². The maximum absolute atomic E-state index is 12.0. The molecule has 1 aromatic heterocycles. The number of thiophene rings is 1. The summed E-state index contributed by atoms with van der Waals surface area (Å²) in [6, 6.07) is 9.94. The van der Waals surface area contributed by atoms with Crippen LogP contribution in [0.25, 0.3) is 0 Å². The molecule has 0 amide bonds. The van der Waals surface area contributed by atoms with Gasteiger partial charge in [0.25, 0.3) is 0 Å². The molecule has 2 aromatic rings.